The van der Waals surface area contributed by atoms with Gasteiger partial charge < -0.3 is 20.7 Å². The van der Waals surface area contributed by atoms with E-state index in [1.54, 1.807) is 42.5 Å². The minimum atomic E-state index is -3.64. The molecule has 1 unspecified atom stereocenters. The molecule has 0 spiro atoms. The molecular formula is C38H46N8O6S. The van der Waals surface area contributed by atoms with Crippen LogP contribution in [0.4, 0.5) is 10.5 Å². The van der Waals surface area contributed by atoms with Crippen molar-refractivity contribution in [2.24, 2.45) is 11.8 Å². The Kier molecular flexibility index (Phi) is 11.5. The number of hydrogen-bond donors (Lipinski definition) is 5. The fraction of sp³-hybridized carbons (Fsp3) is 0.421. The van der Waals surface area contributed by atoms with Gasteiger partial charge in [0.15, 0.2) is 0 Å². The van der Waals surface area contributed by atoms with E-state index in [0.29, 0.717) is 30.9 Å². The van der Waals surface area contributed by atoms with Crippen LogP contribution in [-0.4, -0.2) is 71.2 Å². The molecule has 5 N–H and O–H groups in total. The van der Waals surface area contributed by atoms with Gasteiger partial charge in [0.1, 0.15) is 11.6 Å². The third kappa shape index (κ3) is 10.7. The number of rotatable bonds is 13. The van der Waals surface area contributed by atoms with Crippen molar-refractivity contribution in [3.05, 3.63) is 78.4 Å². The lowest BCUT2D eigenvalue weighted by molar-refractivity contribution is -0.130. The number of nitrogens with one attached hydrogen (secondary N) is 5. The predicted octanol–water partition coefficient (Wildman–Crippen LogP) is 4.97. The lowest BCUT2D eigenvalue weighted by Crippen LogP contribution is -2.48. The third-order valence-corrected chi connectivity index (χ3v) is 10.8. The summed E-state index contributed by atoms with van der Waals surface area (Å²) in [6.07, 6.45) is 4.19. The summed E-state index contributed by atoms with van der Waals surface area (Å²) in [7, 11) is -3.64. The summed E-state index contributed by atoms with van der Waals surface area (Å²) >= 11 is 0. The average Bonchev–Trinajstić information content (AvgIpc) is 3.76. The van der Waals surface area contributed by atoms with Gasteiger partial charge in [-0.05, 0) is 124 Å². The number of alkyl carbamates (subject to hydrolysis) is 1. The Morgan fingerprint density at radius 2 is 1.58 bits per heavy atom. The molecule has 0 saturated heterocycles. The van der Waals surface area contributed by atoms with Gasteiger partial charge in [0.2, 0.25) is 27.7 Å². The average molecular weight is 743 g/mol. The second kappa shape index (κ2) is 16.3. The van der Waals surface area contributed by atoms with Gasteiger partial charge in [0.25, 0.3) is 0 Å². The first-order valence-electron chi connectivity index (χ1n) is 17.9. The van der Waals surface area contributed by atoms with Gasteiger partial charge in [0.05, 0.1) is 4.90 Å². The quantitative estimate of drug-likeness (QED) is 0.126. The van der Waals surface area contributed by atoms with Crippen LogP contribution >= 0.6 is 0 Å². The summed E-state index contributed by atoms with van der Waals surface area (Å²) in [5.41, 5.74) is 2.96. The van der Waals surface area contributed by atoms with Crippen LogP contribution in [0, 0.1) is 11.8 Å². The van der Waals surface area contributed by atoms with E-state index in [2.05, 4.69) is 41.3 Å². The summed E-state index contributed by atoms with van der Waals surface area (Å²) in [6, 6.07) is 20.4. The summed E-state index contributed by atoms with van der Waals surface area (Å²) in [5.74, 6) is -0.219. The highest BCUT2D eigenvalue weighted by molar-refractivity contribution is 7.89. The monoisotopic (exact) mass is 742 g/mol. The third-order valence-electron chi connectivity index (χ3n) is 9.28. The standard InChI is InChI=1S/C38H46N8O6S/c1-38(2,3)52-37(49)39-23-24-10-12-27(13-11-24)35(47)41-33(36(48)40-30-16-14-26(15-17-30)34-42-45-46-43-34)21-25-6-4-7-28(20-25)29-8-5-9-32(22-29)53(50,51)44-31-18-19-31/h4-9,14-17,20,22,24,27,31,33,44H,10-13,18-19,21,23H2,1-3H3,(H,39,49)(H,40,48)(H,41,47)(H,42,43,45,46). The van der Waals surface area contributed by atoms with Crippen molar-refractivity contribution in [1.82, 2.24) is 36.0 Å². The second-order valence-electron chi connectivity index (χ2n) is 14.8. The van der Waals surface area contributed by atoms with Crippen molar-refractivity contribution < 1.29 is 27.5 Å². The molecule has 6 rings (SSSR count). The highest BCUT2D eigenvalue weighted by Gasteiger charge is 2.31. The smallest absolute Gasteiger partial charge is 0.407 e. The Labute approximate surface area is 309 Å². The number of aromatic nitrogens is 4. The minimum Gasteiger partial charge on any atom is -0.444 e. The first-order chi connectivity index (χ1) is 25.3. The molecule has 15 heteroatoms. The molecule has 1 heterocycles. The summed E-state index contributed by atoms with van der Waals surface area (Å²) < 4.78 is 33.9. The van der Waals surface area contributed by atoms with E-state index < -0.39 is 27.8 Å². The second-order valence-corrected chi connectivity index (χ2v) is 16.5. The molecule has 1 atom stereocenters. The molecule has 0 bridgehead atoms. The Morgan fingerprint density at radius 1 is 0.887 bits per heavy atom. The number of carbonyl (C=O) groups is 3. The van der Waals surface area contributed by atoms with Gasteiger partial charge in [-0.3, -0.25) is 9.59 Å². The molecule has 3 aromatic carbocycles. The molecule has 2 saturated carbocycles. The maximum Gasteiger partial charge on any atom is 0.407 e. The zero-order valence-electron chi connectivity index (χ0n) is 30.1. The Hall–Kier alpha value is -5.15. The molecule has 0 radical (unpaired) electrons. The molecule has 2 aliphatic rings. The van der Waals surface area contributed by atoms with E-state index in [-0.39, 0.29) is 41.0 Å². The van der Waals surface area contributed by atoms with Gasteiger partial charge in [-0.25, -0.2) is 17.9 Å². The van der Waals surface area contributed by atoms with E-state index in [1.165, 1.54) is 0 Å². The van der Waals surface area contributed by atoms with Crippen LogP contribution in [0.5, 0.6) is 0 Å². The van der Waals surface area contributed by atoms with E-state index in [9.17, 15) is 22.8 Å². The Balaban J connectivity index is 1.14. The molecule has 3 amide bonds. The molecule has 0 aliphatic heterocycles. The highest BCUT2D eigenvalue weighted by Crippen LogP contribution is 2.30. The van der Waals surface area contributed by atoms with E-state index in [0.717, 1.165) is 47.9 Å². The number of carbonyl (C=O) groups excluding carboxylic acids is 3. The van der Waals surface area contributed by atoms with Gasteiger partial charge in [-0.1, -0.05) is 36.4 Å². The topological polar surface area (TPSA) is 197 Å². The maximum absolute atomic E-state index is 13.9. The van der Waals surface area contributed by atoms with Crippen LogP contribution in [0.15, 0.2) is 77.7 Å². The number of sulfonamides is 1. The first kappa shape index (κ1) is 37.6. The molecule has 4 aromatic rings. The van der Waals surface area contributed by atoms with E-state index in [1.807, 2.05) is 51.1 Å². The number of benzene rings is 3. The molecule has 14 nitrogen and oxygen atoms in total. The number of nitrogens with zero attached hydrogens (tertiary/aromatic N) is 3. The van der Waals surface area contributed by atoms with Crippen molar-refractivity contribution in [2.45, 2.75) is 88.3 Å². The van der Waals surface area contributed by atoms with Gasteiger partial charge in [0, 0.05) is 36.2 Å². The molecule has 1 aromatic heterocycles. The molecular weight excluding hydrogens is 697 g/mol. The molecule has 2 fully saturated rings. The zero-order chi connectivity index (χ0) is 37.6. The summed E-state index contributed by atoms with van der Waals surface area (Å²) in [6.45, 7) is 5.92. The Bertz CT molecular complexity index is 2000. The van der Waals surface area contributed by atoms with E-state index in [4.69, 9.17) is 4.74 Å². The van der Waals surface area contributed by atoms with Crippen LogP contribution in [-0.2, 0) is 30.8 Å². The van der Waals surface area contributed by atoms with Gasteiger partial charge >= 0.3 is 6.09 Å². The first-order valence-corrected chi connectivity index (χ1v) is 19.4. The van der Waals surface area contributed by atoms with Crippen molar-refractivity contribution in [3.63, 3.8) is 0 Å². The fourth-order valence-electron chi connectivity index (χ4n) is 6.33. The molecule has 280 valence electrons. The summed E-state index contributed by atoms with van der Waals surface area (Å²) in [4.78, 5) is 39.9. The number of H-pyrrole nitrogens is 1. The highest BCUT2D eigenvalue weighted by atomic mass is 32.2. The van der Waals surface area contributed by atoms with Gasteiger partial charge in [-0.2, -0.15) is 5.21 Å². The minimum absolute atomic E-state index is 0.00937. The number of anilines is 1. The van der Waals surface area contributed by atoms with Crippen LogP contribution < -0.4 is 20.7 Å². The number of aromatic amines is 1. The molecule has 53 heavy (non-hydrogen) atoms. The Morgan fingerprint density at radius 3 is 2.25 bits per heavy atom. The lowest BCUT2D eigenvalue weighted by Gasteiger charge is -2.29. The largest absolute Gasteiger partial charge is 0.444 e. The van der Waals surface area contributed by atoms with Crippen molar-refractivity contribution in [2.75, 3.05) is 11.9 Å². The zero-order valence-corrected chi connectivity index (χ0v) is 30.9. The summed E-state index contributed by atoms with van der Waals surface area (Å²) in [5, 5.41) is 22.8. The number of hydrogen-bond acceptors (Lipinski definition) is 9. The van der Waals surface area contributed by atoms with Gasteiger partial charge in [-0.15, -0.1) is 10.2 Å². The predicted molar refractivity (Wildman–Crippen MR) is 199 cm³/mol. The number of amides is 3. The fourth-order valence-corrected chi connectivity index (χ4v) is 7.68. The SMILES string of the molecule is CC(C)(C)OC(=O)NCC1CCC(C(=O)NC(Cc2cccc(-c3cccc(S(=O)(=O)NC4CC4)c3)c2)C(=O)Nc2ccc(-c3nn[nH]n3)cc2)CC1. The van der Waals surface area contributed by atoms with Crippen molar-refractivity contribution in [1.29, 1.82) is 0 Å². The normalized spacial score (nSPS) is 18.1. The van der Waals surface area contributed by atoms with Crippen LogP contribution in [0.2, 0.25) is 0 Å². The van der Waals surface area contributed by atoms with Crippen LogP contribution in [0.3, 0.4) is 0 Å². The van der Waals surface area contributed by atoms with Crippen LogP contribution in [0.25, 0.3) is 22.5 Å². The van der Waals surface area contributed by atoms with E-state index >= 15 is 0 Å². The molecule has 2 aliphatic carbocycles. The van der Waals surface area contributed by atoms with Crippen LogP contribution in [0.1, 0.15) is 64.9 Å². The maximum atomic E-state index is 13.9. The lowest BCUT2D eigenvalue weighted by atomic mass is 9.81. The number of ether oxygens (including phenoxy) is 1. The number of tetrazole rings is 1. The van der Waals surface area contributed by atoms with Crippen molar-refractivity contribution in [3.8, 4) is 22.5 Å². The van der Waals surface area contributed by atoms with Crippen molar-refractivity contribution >= 4 is 33.6 Å².